The molecule has 0 spiro atoms. The number of carbonyl (C=O) groups excluding carboxylic acids is 1. The topological polar surface area (TPSA) is 52.9 Å². The zero-order valence-corrected chi connectivity index (χ0v) is 14.6. The molecule has 0 aliphatic heterocycles. The molecule has 0 aliphatic carbocycles. The van der Waals surface area contributed by atoms with Gasteiger partial charge in [-0.1, -0.05) is 45.9 Å². The van der Waals surface area contributed by atoms with E-state index < -0.39 is 11.7 Å². The SMILES string of the molecule is N#C/C(=C\c1ccccc1Br)C(=O)Nc1ccc(SC(F)F)cc1. The van der Waals surface area contributed by atoms with Crippen LogP contribution in [0.25, 0.3) is 6.08 Å². The number of benzene rings is 2. The summed E-state index contributed by atoms with van der Waals surface area (Å²) in [5.74, 6) is -3.06. The Balaban J connectivity index is 2.13. The van der Waals surface area contributed by atoms with E-state index in [1.807, 2.05) is 12.1 Å². The first-order valence-corrected chi connectivity index (χ1v) is 8.39. The van der Waals surface area contributed by atoms with Crippen molar-refractivity contribution in [2.75, 3.05) is 5.32 Å². The number of hydrogen-bond acceptors (Lipinski definition) is 3. The Morgan fingerprint density at radius 2 is 1.88 bits per heavy atom. The molecule has 0 aromatic heterocycles. The molecule has 0 saturated heterocycles. The van der Waals surface area contributed by atoms with Crippen molar-refractivity contribution in [2.45, 2.75) is 10.7 Å². The van der Waals surface area contributed by atoms with Crippen molar-refractivity contribution in [2.24, 2.45) is 0 Å². The second kappa shape index (κ2) is 8.62. The number of rotatable bonds is 5. The lowest BCUT2D eigenvalue weighted by atomic mass is 10.1. The van der Waals surface area contributed by atoms with Crippen LogP contribution in [0.5, 0.6) is 0 Å². The summed E-state index contributed by atoms with van der Waals surface area (Å²) < 4.78 is 25.3. The van der Waals surface area contributed by atoms with E-state index in [4.69, 9.17) is 0 Å². The van der Waals surface area contributed by atoms with Crippen LogP contribution in [0.15, 0.2) is 63.5 Å². The molecule has 24 heavy (non-hydrogen) atoms. The van der Waals surface area contributed by atoms with Gasteiger partial charge in [-0.15, -0.1) is 0 Å². The summed E-state index contributed by atoms with van der Waals surface area (Å²) in [7, 11) is 0. The van der Waals surface area contributed by atoms with Crippen molar-refractivity contribution in [3.8, 4) is 6.07 Å². The lowest BCUT2D eigenvalue weighted by Crippen LogP contribution is -2.13. The number of hydrogen-bond donors (Lipinski definition) is 1. The molecule has 0 unspecified atom stereocenters. The van der Waals surface area contributed by atoms with Gasteiger partial charge in [0.1, 0.15) is 11.6 Å². The van der Waals surface area contributed by atoms with Gasteiger partial charge in [0.25, 0.3) is 11.7 Å². The normalized spacial score (nSPS) is 11.2. The third-order valence-electron chi connectivity index (χ3n) is 2.91. The maximum absolute atomic E-state index is 12.3. The Morgan fingerprint density at radius 1 is 1.21 bits per heavy atom. The average molecular weight is 409 g/mol. The molecule has 0 radical (unpaired) electrons. The number of amides is 1. The van der Waals surface area contributed by atoms with Crippen molar-refractivity contribution in [1.29, 1.82) is 5.26 Å². The summed E-state index contributed by atoms with van der Waals surface area (Å²) in [6.07, 6.45) is 1.47. The van der Waals surface area contributed by atoms with Crippen LogP contribution in [-0.4, -0.2) is 11.7 Å². The number of anilines is 1. The Labute approximate surface area is 150 Å². The molecule has 1 amide bonds. The molecule has 0 aliphatic rings. The van der Waals surface area contributed by atoms with Crippen LogP contribution < -0.4 is 5.32 Å². The Hall–Kier alpha value is -2.17. The van der Waals surface area contributed by atoms with Gasteiger partial charge in [-0.3, -0.25) is 4.79 Å². The zero-order valence-electron chi connectivity index (χ0n) is 12.2. The third kappa shape index (κ3) is 5.18. The molecule has 0 bridgehead atoms. The average Bonchev–Trinajstić information content (AvgIpc) is 2.55. The maximum Gasteiger partial charge on any atom is 0.288 e. The van der Waals surface area contributed by atoms with E-state index in [-0.39, 0.29) is 5.57 Å². The molecule has 7 heteroatoms. The van der Waals surface area contributed by atoms with Crippen LogP contribution >= 0.6 is 27.7 Å². The van der Waals surface area contributed by atoms with E-state index in [1.54, 1.807) is 18.2 Å². The summed E-state index contributed by atoms with van der Waals surface area (Å²) in [4.78, 5) is 12.6. The smallest absolute Gasteiger partial charge is 0.288 e. The van der Waals surface area contributed by atoms with Gasteiger partial charge in [-0.05, 0) is 42.0 Å². The minimum absolute atomic E-state index is 0.0621. The van der Waals surface area contributed by atoms with Gasteiger partial charge < -0.3 is 5.32 Å². The predicted octanol–water partition coefficient (Wildman–Crippen LogP) is 5.31. The highest BCUT2D eigenvalue weighted by atomic mass is 79.9. The number of thioether (sulfide) groups is 1. The highest BCUT2D eigenvalue weighted by Crippen LogP contribution is 2.26. The van der Waals surface area contributed by atoms with Crippen LogP contribution in [0, 0.1) is 11.3 Å². The van der Waals surface area contributed by atoms with Gasteiger partial charge in [0, 0.05) is 15.1 Å². The first-order valence-electron chi connectivity index (χ1n) is 6.72. The highest BCUT2D eigenvalue weighted by Gasteiger charge is 2.11. The summed E-state index contributed by atoms with van der Waals surface area (Å²) in [6.45, 7) is 0. The Bertz CT molecular complexity index is 801. The highest BCUT2D eigenvalue weighted by molar-refractivity contribution is 9.10. The Morgan fingerprint density at radius 3 is 2.46 bits per heavy atom. The molecule has 0 atom stereocenters. The van der Waals surface area contributed by atoms with E-state index in [0.29, 0.717) is 27.9 Å². The van der Waals surface area contributed by atoms with Gasteiger partial charge in [0.15, 0.2) is 0 Å². The lowest BCUT2D eigenvalue weighted by Gasteiger charge is -2.06. The summed E-state index contributed by atoms with van der Waals surface area (Å²) >= 11 is 3.77. The number of nitrogens with one attached hydrogen (secondary N) is 1. The van der Waals surface area contributed by atoms with Gasteiger partial charge in [-0.2, -0.15) is 14.0 Å². The van der Waals surface area contributed by atoms with E-state index in [9.17, 15) is 18.8 Å². The molecule has 0 fully saturated rings. The molecule has 122 valence electrons. The van der Waals surface area contributed by atoms with Crippen molar-refractivity contribution in [3.63, 3.8) is 0 Å². The lowest BCUT2D eigenvalue weighted by molar-refractivity contribution is -0.112. The van der Waals surface area contributed by atoms with Crippen LogP contribution in [-0.2, 0) is 4.79 Å². The second-order valence-electron chi connectivity index (χ2n) is 4.55. The van der Waals surface area contributed by atoms with Crippen molar-refractivity contribution < 1.29 is 13.6 Å². The zero-order chi connectivity index (χ0) is 17.5. The van der Waals surface area contributed by atoms with Gasteiger partial charge >= 0.3 is 0 Å². The van der Waals surface area contributed by atoms with Gasteiger partial charge in [0.2, 0.25) is 0 Å². The summed E-state index contributed by atoms with van der Waals surface area (Å²) in [5.41, 5.74) is 1.06. The standard InChI is InChI=1S/C17H11BrF2N2OS/c18-15-4-2-1-3-11(15)9-12(10-21)16(23)22-13-5-7-14(8-6-13)24-17(19)20/h1-9,17H,(H,22,23)/b12-9+. The number of halogens is 3. The first-order chi connectivity index (χ1) is 11.5. The first kappa shape index (κ1) is 18.2. The van der Waals surface area contributed by atoms with E-state index in [2.05, 4.69) is 21.2 Å². The Kier molecular flexibility index (Phi) is 6.53. The minimum Gasteiger partial charge on any atom is -0.321 e. The van der Waals surface area contributed by atoms with Crippen molar-refractivity contribution in [3.05, 3.63) is 64.1 Å². The minimum atomic E-state index is -2.50. The predicted molar refractivity (Wildman–Crippen MR) is 94.7 cm³/mol. The fraction of sp³-hybridized carbons (Fsp3) is 0.0588. The fourth-order valence-electron chi connectivity index (χ4n) is 1.81. The number of alkyl halides is 2. The molecule has 2 aromatic carbocycles. The maximum atomic E-state index is 12.3. The second-order valence-corrected chi connectivity index (χ2v) is 6.47. The van der Waals surface area contributed by atoms with E-state index in [1.165, 1.54) is 30.3 Å². The molecule has 2 aromatic rings. The summed E-state index contributed by atoms with van der Waals surface area (Å²) in [5, 5.41) is 11.8. The third-order valence-corrected chi connectivity index (χ3v) is 4.35. The number of nitrogens with zero attached hydrogens (tertiary/aromatic N) is 1. The van der Waals surface area contributed by atoms with Gasteiger partial charge in [0.05, 0.1) is 0 Å². The van der Waals surface area contributed by atoms with Gasteiger partial charge in [-0.25, -0.2) is 0 Å². The van der Waals surface area contributed by atoms with Crippen LogP contribution in [0.3, 0.4) is 0 Å². The quantitative estimate of drug-likeness (QED) is 0.414. The molecule has 0 saturated carbocycles. The van der Waals surface area contributed by atoms with Crippen LogP contribution in [0.4, 0.5) is 14.5 Å². The van der Waals surface area contributed by atoms with Crippen LogP contribution in [0.2, 0.25) is 0 Å². The molecule has 1 N–H and O–H groups in total. The molecule has 0 heterocycles. The number of carbonyl (C=O) groups is 1. The monoisotopic (exact) mass is 408 g/mol. The molecular weight excluding hydrogens is 398 g/mol. The molecule has 2 rings (SSSR count). The van der Waals surface area contributed by atoms with E-state index in [0.717, 1.165) is 4.47 Å². The fourth-order valence-corrected chi connectivity index (χ4v) is 2.71. The molecular formula is C17H11BrF2N2OS. The molecule has 3 nitrogen and oxygen atoms in total. The largest absolute Gasteiger partial charge is 0.321 e. The van der Waals surface area contributed by atoms with Crippen molar-refractivity contribution in [1.82, 2.24) is 0 Å². The van der Waals surface area contributed by atoms with Crippen molar-refractivity contribution >= 4 is 45.4 Å². The van der Waals surface area contributed by atoms with E-state index >= 15 is 0 Å². The van der Waals surface area contributed by atoms with Crippen LogP contribution in [0.1, 0.15) is 5.56 Å². The number of nitriles is 1. The summed E-state index contributed by atoms with van der Waals surface area (Å²) in [6, 6.07) is 15.0.